The highest BCUT2D eigenvalue weighted by atomic mass is 79.9. The van der Waals surface area contributed by atoms with Crippen LogP contribution in [0.4, 0.5) is 5.69 Å². The first-order valence-electron chi connectivity index (χ1n) is 6.32. The van der Waals surface area contributed by atoms with Crippen molar-refractivity contribution in [2.24, 2.45) is 5.73 Å². The molecule has 2 nitrogen and oxygen atoms in total. The van der Waals surface area contributed by atoms with Crippen molar-refractivity contribution in [2.45, 2.75) is 25.9 Å². The summed E-state index contributed by atoms with van der Waals surface area (Å²) in [7, 11) is 2.12. The van der Waals surface area contributed by atoms with Gasteiger partial charge < -0.3 is 10.6 Å². The van der Waals surface area contributed by atoms with Crippen LogP contribution in [-0.2, 0) is 0 Å². The molecule has 2 N–H and O–H groups in total. The van der Waals surface area contributed by atoms with Crippen molar-refractivity contribution in [2.75, 3.05) is 11.9 Å². The number of hydrogen-bond acceptors (Lipinski definition) is 3. The second kappa shape index (κ2) is 6.07. The zero-order valence-corrected chi connectivity index (χ0v) is 13.8. The Bertz CT molecular complexity index is 537. The Labute approximate surface area is 127 Å². The van der Waals surface area contributed by atoms with E-state index in [4.69, 9.17) is 5.73 Å². The molecule has 19 heavy (non-hydrogen) atoms. The van der Waals surface area contributed by atoms with Gasteiger partial charge in [-0.1, -0.05) is 12.1 Å². The minimum Gasteiger partial charge on any atom is -0.366 e. The number of nitrogens with zero attached hydrogens (tertiary/aromatic N) is 1. The zero-order chi connectivity index (χ0) is 14.0. The minimum absolute atomic E-state index is 0.0605. The molecule has 1 aromatic carbocycles. The Hall–Kier alpha value is -0.840. The van der Waals surface area contributed by atoms with Crippen LogP contribution < -0.4 is 10.6 Å². The van der Waals surface area contributed by atoms with Crippen LogP contribution in [0.1, 0.15) is 36.4 Å². The summed E-state index contributed by atoms with van der Waals surface area (Å²) >= 11 is 5.44. The molecule has 0 fully saturated rings. The van der Waals surface area contributed by atoms with Crippen molar-refractivity contribution in [1.29, 1.82) is 0 Å². The van der Waals surface area contributed by atoms with Gasteiger partial charge in [-0.25, -0.2) is 0 Å². The molecule has 102 valence electrons. The fraction of sp³-hybridized carbons (Fsp3) is 0.333. The number of rotatable bonds is 4. The van der Waals surface area contributed by atoms with Crippen LogP contribution in [0.5, 0.6) is 0 Å². The van der Waals surface area contributed by atoms with Gasteiger partial charge in [-0.3, -0.25) is 0 Å². The molecule has 0 aliphatic carbocycles. The van der Waals surface area contributed by atoms with E-state index in [0.717, 1.165) is 10.0 Å². The van der Waals surface area contributed by atoms with E-state index in [1.165, 1.54) is 10.6 Å². The smallest absolute Gasteiger partial charge is 0.0604 e. The largest absolute Gasteiger partial charge is 0.366 e. The lowest BCUT2D eigenvalue weighted by Gasteiger charge is -2.27. The second-order valence-electron chi connectivity index (χ2n) is 4.80. The van der Waals surface area contributed by atoms with Gasteiger partial charge in [0.05, 0.1) is 11.7 Å². The molecule has 1 heterocycles. The van der Waals surface area contributed by atoms with Gasteiger partial charge in [0.1, 0.15) is 0 Å². The summed E-state index contributed by atoms with van der Waals surface area (Å²) in [6, 6.07) is 11.0. The third-order valence-corrected chi connectivity index (χ3v) is 5.09. The number of benzene rings is 1. The summed E-state index contributed by atoms with van der Waals surface area (Å²) in [5.41, 5.74) is 8.24. The molecule has 0 aliphatic rings. The predicted molar refractivity (Wildman–Crippen MR) is 87.9 cm³/mol. The number of thiophene rings is 1. The maximum absolute atomic E-state index is 5.91. The molecule has 2 rings (SSSR count). The van der Waals surface area contributed by atoms with Crippen molar-refractivity contribution >= 4 is 33.0 Å². The fourth-order valence-corrected chi connectivity index (χ4v) is 3.52. The molecule has 2 atom stereocenters. The van der Waals surface area contributed by atoms with Gasteiger partial charge in [-0.15, -0.1) is 11.3 Å². The van der Waals surface area contributed by atoms with Gasteiger partial charge in [0, 0.05) is 22.4 Å². The average molecular weight is 339 g/mol. The van der Waals surface area contributed by atoms with Gasteiger partial charge >= 0.3 is 0 Å². The second-order valence-corrected chi connectivity index (χ2v) is 6.64. The highest BCUT2D eigenvalue weighted by Gasteiger charge is 2.16. The van der Waals surface area contributed by atoms with Crippen LogP contribution in [0.15, 0.2) is 40.2 Å². The van der Waals surface area contributed by atoms with E-state index in [-0.39, 0.29) is 6.04 Å². The van der Waals surface area contributed by atoms with Crippen LogP contribution in [-0.4, -0.2) is 7.05 Å². The lowest BCUT2D eigenvalue weighted by atomic mass is 10.1. The normalized spacial score (nSPS) is 14.2. The molecular weight excluding hydrogens is 320 g/mol. The lowest BCUT2D eigenvalue weighted by Crippen LogP contribution is -2.21. The van der Waals surface area contributed by atoms with E-state index in [1.54, 1.807) is 11.3 Å². The molecule has 0 aliphatic heterocycles. The quantitative estimate of drug-likeness (QED) is 0.873. The molecule has 1 aromatic heterocycles. The van der Waals surface area contributed by atoms with Crippen LogP contribution >= 0.6 is 27.3 Å². The van der Waals surface area contributed by atoms with E-state index in [1.807, 2.05) is 6.92 Å². The fourth-order valence-electron chi connectivity index (χ4n) is 2.02. The van der Waals surface area contributed by atoms with Gasteiger partial charge in [0.2, 0.25) is 0 Å². The predicted octanol–water partition coefficient (Wildman–Crippen LogP) is 4.73. The summed E-state index contributed by atoms with van der Waals surface area (Å²) in [6.07, 6.45) is 0. The van der Waals surface area contributed by atoms with E-state index in [0.29, 0.717) is 6.04 Å². The lowest BCUT2D eigenvalue weighted by molar-refractivity contribution is 0.750. The summed E-state index contributed by atoms with van der Waals surface area (Å²) in [6.45, 7) is 4.22. The third-order valence-electron chi connectivity index (χ3n) is 3.41. The molecule has 0 amide bonds. The van der Waals surface area contributed by atoms with Crippen molar-refractivity contribution in [3.63, 3.8) is 0 Å². The maximum Gasteiger partial charge on any atom is 0.0604 e. The van der Waals surface area contributed by atoms with Gasteiger partial charge in [0.15, 0.2) is 0 Å². The number of hydrogen-bond donors (Lipinski definition) is 1. The van der Waals surface area contributed by atoms with Gasteiger partial charge in [-0.05, 0) is 58.9 Å². The maximum atomic E-state index is 5.91. The Kier molecular flexibility index (Phi) is 4.66. The topological polar surface area (TPSA) is 29.3 Å². The number of nitrogens with two attached hydrogens (primary N) is 1. The molecule has 2 unspecified atom stereocenters. The van der Waals surface area contributed by atoms with Crippen LogP contribution in [0.3, 0.4) is 0 Å². The van der Waals surface area contributed by atoms with Crippen molar-refractivity contribution < 1.29 is 0 Å². The molecule has 0 bridgehead atoms. The van der Waals surface area contributed by atoms with Gasteiger partial charge in [-0.2, -0.15) is 0 Å². The Morgan fingerprint density at radius 1 is 1.26 bits per heavy atom. The first-order valence-corrected chi connectivity index (χ1v) is 7.99. The zero-order valence-electron chi connectivity index (χ0n) is 11.4. The van der Waals surface area contributed by atoms with Gasteiger partial charge in [0.25, 0.3) is 0 Å². The van der Waals surface area contributed by atoms with Crippen molar-refractivity contribution in [3.8, 4) is 0 Å². The first kappa shape index (κ1) is 14.6. The Morgan fingerprint density at radius 2 is 2.00 bits per heavy atom. The first-order chi connectivity index (χ1) is 9.00. The minimum atomic E-state index is 0.0605. The number of anilines is 1. The standard InChI is InChI=1S/C15H19BrN2S/c1-10(17)12-6-7-14(13(16)9-12)18(3)11(2)15-5-4-8-19-15/h4-11H,17H2,1-3H3. The van der Waals surface area contributed by atoms with E-state index in [2.05, 4.69) is 70.5 Å². The van der Waals surface area contributed by atoms with Crippen molar-refractivity contribution in [3.05, 3.63) is 50.6 Å². The summed E-state index contributed by atoms with van der Waals surface area (Å²) in [4.78, 5) is 3.65. The molecule has 2 aromatic rings. The van der Waals surface area contributed by atoms with E-state index < -0.39 is 0 Å². The molecular formula is C15H19BrN2S. The number of halogens is 1. The van der Waals surface area contributed by atoms with Crippen LogP contribution in [0, 0.1) is 0 Å². The highest BCUT2D eigenvalue weighted by molar-refractivity contribution is 9.10. The third kappa shape index (κ3) is 3.19. The van der Waals surface area contributed by atoms with Crippen LogP contribution in [0.2, 0.25) is 0 Å². The highest BCUT2D eigenvalue weighted by Crippen LogP contribution is 2.34. The average Bonchev–Trinajstić information content (AvgIpc) is 2.90. The monoisotopic (exact) mass is 338 g/mol. The summed E-state index contributed by atoms with van der Waals surface area (Å²) in [5.74, 6) is 0. The molecule has 0 radical (unpaired) electrons. The van der Waals surface area contributed by atoms with Crippen molar-refractivity contribution in [1.82, 2.24) is 0 Å². The SMILES string of the molecule is CC(N)c1ccc(N(C)C(C)c2cccs2)c(Br)c1. The molecule has 0 spiro atoms. The van der Waals surface area contributed by atoms with E-state index in [9.17, 15) is 0 Å². The Morgan fingerprint density at radius 3 is 2.53 bits per heavy atom. The summed E-state index contributed by atoms with van der Waals surface area (Å²) in [5, 5.41) is 2.12. The molecule has 0 saturated heterocycles. The molecule has 0 saturated carbocycles. The molecule has 4 heteroatoms. The van der Waals surface area contributed by atoms with Crippen LogP contribution in [0.25, 0.3) is 0 Å². The Balaban J connectivity index is 2.26. The van der Waals surface area contributed by atoms with E-state index >= 15 is 0 Å². The summed E-state index contributed by atoms with van der Waals surface area (Å²) < 4.78 is 1.09.